The van der Waals surface area contributed by atoms with E-state index in [0.29, 0.717) is 6.04 Å². The summed E-state index contributed by atoms with van der Waals surface area (Å²) in [4.78, 5) is 0. The van der Waals surface area contributed by atoms with Gasteiger partial charge in [-0.1, -0.05) is 13.8 Å². The van der Waals surface area contributed by atoms with Gasteiger partial charge in [-0.05, 0) is 31.0 Å². The molecule has 1 unspecified atom stereocenters. The van der Waals surface area contributed by atoms with Crippen molar-refractivity contribution in [2.75, 3.05) is 20.3 Å². The van der Waals surface area contributed by atoms with Crippen LogP contribution in [0.4, 0.5) is 0 Å². The van der Waals surface area contributed by atoms with E-state index in [4.69, 9.17) is 4.74 Å². The van der Waals surface area contributed by atoms with Crippen LogP contribution in [0.1, 0.15) is 38.3 Å². The van der Waals surface area contributed by atoms with Gasteiger partial charge in [0.1, 0.15) is 0 Å². The number of rotatable bonds is 8. The minimum atomic E-state index is 0.494. The molecule has 0 saturated heterocycles. The molecular formula is C13H24N2O. The van der Waals surface area contributed by atoms with E-state index in [9.17, 15) is 0 Å². The average Bonchev–Trinajstić information content (AvgIpc) is 2.75. The molecule has 0 aliphatic rings. The minimum absolute atomic E-state index is 0.494. The molecule has 0 aliphatic heterocycles. The Morgan fingerprint density at radius 3 is 2.88 bits per heavy atom. The maximum atomic E-state index is 5.05. The summed E-state index contributed by atoms with van der Waals surface area (Å²) < 4.78 is 7.30. The van der Waals surface area contributed by atoms with Crippen LogP contribution in [-0.2, 0) is 11.3 Å². The topological polar surface area (TPSA) is 26.2 Å². The van der Waals surface area contributed by atoms with Crippen molar-refractivity contribution in [3.63, 3.8) is 0 Å². The molecule has 0 spiro atoms. The van der Waals surface area contributed by atoms with Crippen molar-refractivity contribution in [2.24, 2.45) is 0 Å². The maximum Gasteiger partial charge on any atom is 0.0479 e. The van der Waals surface area contributed by atoms with Gasteiger partial charge in [0.15, 0.2) is 0 Å². The SMILES string of the molecule is CCNC(CC)c1ccn(CCCOC)c1. The summed E-state index contributed by atoms with van der Waals surface area (Å²) in [7, 11) is 1.75. The highest BCUT2D eigenvalue weighted by atomic mass is 16.5. The van der Waals surface area contributed by atoms with Gasteiger partial charge in [-0.15, -0.1) is 0 Å². The van der Waals surface area contributed by atoms with Crippen LogP contribution < -0.4 is 5.32 Å². The van der Waals surface area contributed by atoms with Gasteiger partial charge < -0.3 is 14.6 Å². The number of hydrogen-bond donors (Lipinski definition) is 1. The lowest BCUT2D eigenvalue weighted by atomic mass is 10.1. The second kappa shape index (κ2) is 7.47. The summed E-state index contributed by atoms with van der Waals surface area (Å²) in [6.07, 6.45) is 6.61. The summed E-state index contributed by atoms with van der Waals surface area (Å²) >= 11 is 0. The molecule has 0 fully saturated rings. The van der Waals surface area contributed by atoms with E-state index >= 15 is 0 Å². The van der Waals surface area contributed by atoms with Crippen LogP contribution in [0, 0.1) is 0 Å². The van der Waals surface area contributed by atoms with Crippen LogP contribution in [0.25, 0.3) is 0 Å². The Hall–Kier alpha value is -0.800. The predicted octanol–water partition coefficient (Wildman–Crippen LogP) is 2.59. The van der Waals surface area contributed by atoms with Gasteiger partial charge in [0.2, 0.25) is 0 Å². The Morgan fingerprint density at radius 2 is 2.25 bits per heavy atom. The van der Waals surface area contributed by atoms with Gasteiger partial charge in [-0.3, -0.25) is 0 Å². The zero-order valence-corrected chi connectivity index (χ0v) is 10.7. The molecule has 0 bridgehead atoms. The number of nitrogens with one attached hydrogen (secondary N) is 1. The highest BCUT2D eigenvalue weighted by Crippen LogP contribution is 2.16. The Bertz CT molecular complexity index is 283. The van der Waals surface area contributed by atoms with Gasteiger partial charge >= 0.3 is 0 Å². The number of aromatic nitrogens is 1. The third-order valence-electron chi connectivity index (χ3n) is 2.80. The first kappa shape index (κ1) is 13.3. The van der Waals surface area contributed by atoms with E-state index in [1.54, 1.807) is 7.11 Å². The largest absolute Gasteiger partial charge is 0.385 e. The molecule has 0 saturated carbocycles. The molecule has 1 heterocycles. The van der Waals surface area contributed by atoms with E-state index < -0.39 is 0 Å². The van der Waals surface area contributed by atoms with Gasteiger partial charge in [0.05, 0.1) is 0 Å². The van der Waals surface area contributed by atoms with E-state index in [0.717, 1.165) is 32.5 Å². The first-order valence-electron chi connectivity index (χ1n) is 6.19. The fourth-order valence-corrected chi connectivity index (χ4v) is 1.94. The molecule has 0 aliphatic carbocycles. The van der Waals surface area contributed by atoms with E-state index in [1.165, 1.54) is 5.56 Å². The summed E-state index contributed by atoms with van der Waals surface area (Å²) in [5, 5.41) is 3.49. The molecule has 3 nitrogen and oxygen atoms in total. The summed E-state index contributed by atoms with van der Waals surface area (Å²) in [5.41, 5.74) is 1.39. The Morgan fingerprint density at radius 1 is 1.44 bits per heavy atom. The van der Waals surface area contributed by atoms with Gasteiger partial charge in [0.25, 0.3) is 0 Å². The number of ether oxygens (including phenoxy) is 1. The third kappa shape index (κ3) is 3.99. The highest BCUT2D eigenvalue weighted by molar-refractivity contribution is 5.15. The van der Waals surface area contributed by atoms with Crippen molar-refractivity contribution in [2.45, 2.75) is 39.3 Å². The second-order valence-electron chi connectivity index (χ2n) is 4.05. The van der Waals surface area contributed by atoms with Crippen molar-refractivity contribution in [1.29, 1.82) is 0 Å². The number of aryl methyl sites for hydroxylation is 1. The van der Waals surface area contributed by atoms with Crippen molar-refractivity contribution in [3.8, 4) is 0 Å². The normalized spacial score (nSPS) is 12.9. The van der Waals surface area contributed by atoms with Gasteiger partial charge in [-0.2, -0.15) is 0 Å². The number of nitrogens with zero attached hydrogens (tertiary/aromatic N) is 1. The molecule has 1 aromatic heterocycles. The minimum Gasteiger partial charge on any atom is -0.385 e. The highest BCUT2D eigenvalue weighted by Gasteiger charge is 2.08. The zero-order chi connectivity index (χ0) is 11.8. The van der Waals surface area contributed by atoms with Crippen LogP contribution in [0.15, 0.2) is 18.5 Å². The molecule has 3 heteroatoms. The van der Waals surface area contributed by atoms with Crippen LogP contribution in [-0.4, -0.2) is 24.8 Å². The molecule has 0 radical (unpaired) electrons. The van der Waals surface area contributed by atoms with Crippen molar-refractivity contribution < 1.29 is 4.74 Å². The van der Waals surface area contributed by atoms with E-state index in [2.05, 4.69) is 42.2 Å². The lowest BCUT2D eigenvalue weighted by molar-refractivity contribution is 0.190. The average molecular weight is 224 g/mol. The lowest BCUT2D eigenvalue weighted by Gasteiger charge is -2.13. The van der Waals surface area contributed by atoms with Crippen molar-refractivity contribution in [1.82, 2.24) is 9.88 Å². The smallest absolute Gasteiger partial charge is 0.0479 e. The first-order valence-corrected chi connectivity index (χ1v) is 6.19. The fraction of sp³-hybridized carbons (Fsp3) is 0.692. The standard InChI is InChI=1S/C13H24N2O/c1-4-13(14-5-2)12-7-9-15(11-12)8-6-10-16-3/h7,9,11,13-14H,4-6,8,10H2,1-3H3. The monoisotopic (exact) mass is 224 g/mol. The Balaban J connectivity index is 2.48. The maximum absolute atomic E-state index is 5.05. The number of hydrogen-bond acceptors (Lipinski definition) is 2. The van der Waals surface area contributed by atoms with Crippen LogP contribution in [0.2, 0.25) is 0 Å². The number of methoxy groups -OCH3 is 1. The predicted molar refractivity (Wildman–Crippen MR) is 67.6 cm³/mol. The van der Waals surface area contributed by atoms with E-state index in [-0.39, 0.29) is 0 Å². The van der Waals surface area contributed by atoms with Crippen LogP contribution in [0.3, 0.4) is 0 Å². The van der Waals surface area contributed by atoms with Crippen LogP contribution in [0.5, 0.6) is 0 Å². The summed E-state index contributed by atoms with van der Waals surface area (Å²) in [5.74, 6) is 0. The molecule has 1 aromatic rings. The van der Waals surface area contributed by atoms with Gasteiger partial charge in [0, 0.05) is 38.7 Å². The zero-order valence-electron chi connectivity index (χ0n) is 10.7. The van der Waals surface area contributed by atoms with Gasteiger partial charge in [-0.25, -0.2) is 0 Å². The molecule has 0 amide bonds. The first-order chi connectivity index (χ1) is 7.81. The summed E-state index contributed by atoms with van der Waals surface area (Å²) in [6, 6.07) is 2.71. The molecule has 1 rings (SSSR count). The third-order valence-corrected chi connectivity index (χ3v) is 2.80. The fourth-order valence-electron chi connectivity index (χ4n) is 1.94. The molecule has 16 heavy (non-hydrogen) atoms. The molecular weight excluding hydrogens is 200 g/mol. The lowest BCUT2D eigenvalue weighted by Crippen LogP contribution is -2.19. The quantitative estimate of drug-likeness (QED) is 0.687. The second-order valence-corrected chi connectivity index (χ2v) is 4.05. The van der Waals surface area contributed by atoms with Crippen LogP contribution >= 0.6 is 0 Å². The Labute approximate surface area is 98.8 Å². The molecule has 0 aromatic carbocycles. The Kier molecular flexibility index (Phi) is 6.19. The summed E-state index contributed by atoms with van der Waals surface area (Å²) in [6.45, 7) is 7.26. The van der Waals surface area contributed by atoms with Crippen molar-refractivity contribution in [3.05, 3.63) is 24.0 Å². The molecule has 1 N–H and O–H groups in total. The van der Waals surface area contributed by atoms with E-state index in [1.807, 2.05) is 0 Å². The molecule has 92 valence electrons. The van der Waals surface area contributed by atoms with Crippen molar-refractivity contribution >= 4 is 0 Å². The molecule has 1 atom stereocenters.